The number of carbonyl (C=O) groups excluding carboxylic acids is 1. The molecule has 0 atom stereocenters. The van der Waals surface area contributed by atoms with Crippen LogP contribution in [-0.2, 0) is 17.7 Å². The molecule has 0 bridgehead atoms. The van der Waals surface area contributed by atoms with Crippen molar-refractivity contribution in [3.63, 3.8) is 0 Å². The van der Waals surface area contributed by atoms with Crippen molar-refractivity contribution in [1.29, 1.82) is 0 Å². The number of esters is 1. The summed E-state index contributed by atoms with van der Waals surface area (Å²) < 4.78 is 5.59. The third-order valence-corrected chi connectivity index (χ3v) is 4.18. The SMILES string of the molecule is Nc1c(Br)cc(C(=O)OCCO)cc1CNCCc1ccccc1. The number of carbonyl (C=O) groups is 1. The lowest BCUT2D eigenvalue weighted by Gasteiger charge is -2.12. The van der Waals surface area contributed by atoms with Gasteiger partial charge in [0.25, 0.3) is 0 Å². The van der Waals surface area contributed by atoms with Crippen molar-refractivity contribution in [2.24, 2.45) is 0 Å². The highest BCUT2D eigenvalue weighted by Crippen LogP contribution is 2.26. The average Bonchev–Trinajstić information content (AvgIpc) is 2.60. The molecule has 0 saturated heterocycles. The summed E-state index contributed by atoms with van der Waals surface area (Å²) in [5.74, 6) is -0.477. The lowest BCUT2D eigenvalue weighted by atomic mass is 10.1. The lowest BCUT2D eigenvalue weighted by molar-refractivity contribution is 0.0433. The monoisotopic (exact) mass is 392 g/mol. The van der Waals surface area contributed by atoms with Gasteiger partial charge in [0, 0.05) is 11.0 Å². The van der Waals surface area contributed by atoms with Gasteiger partial charge >= 0.3 is 5.97 Å². The highest BCUT2D eigenvalue weighted by Gasteiger charge is 2.13. The van der Waals surface area contributed by atoms with E-state index >= 15 is 0 Å². The van der Waals surface area contributed by atoms with Crippen LogP contribution in [0.4, 0.5) is 5.69 Å². The molecule has 0 spiro atoms. The topological polar surface area (TPSA) is 84.6 Å². The number of halogens is 1. The van der Waals surface area contributed by atoms with Gasteiger partial charge in [0.05, 0.1) is 17.9 Å². The molecule has 5 nitrogen and oxygen atoms in total. The van der Waals surface area contributed by atoms with Gasteiger partial charge in [-0.1, -0.05) is 30.3 Å². The van der Waals surface area contributed by atoms with Gasteiger partial charge in [-0.15, -0.1) is 0 Å². The molecule has 0 radical (unpaired) electrons. The van der Waals surface area contributed by atoms with E-state index in [-0.39, 0.29) is 13.2 Å². The molecule has 0 aliphatic heterocycles. The van der Waals surface area contributed by atoms with Crippen LogP contribution in [0.15, 0.2) is 46.9 Å². The van der Waals surface area contributed by atoms with Crippen molar-refractivity contribution in [1.82, 2.24) is 5.32 Å². The molecule has 2 rings (SSSR count). The van der Waals surface area contributed by atoms with E-state index in [1.807, 2.05) is 18.2 Å². The fourth-order valence-electron chi connectivity index (χ4n) is 2.26. The number of nitrogens with one attached hydrogen (secondary N) is 1. The van der Waals surface area contributed by atoms with E-state index in [0.29, 0.717) is 22.3 Å². The van der Waals surface area contributed by atoms with Crippen LogP contribution < -0.4 is 11.1 Å². The van der Waals surface area contributed by atoms with Gasteiger partial charge in [-0.25, -0.2) is 4.79 Å². The number of aliphatic hydroxyl groups excluding tert-OH is 1. The van der Waals surface area contributed by atoms with E-state index in [4.69, 9.17) is 15.6 Å². The van der Waals surface area contributed by atoms with Gasteiger partial charge in [-0.3, -0.25) is 0 Å². The molecule has 0 aliphatic rings. The minimum absolute atomic E-state index is 0.0223. The minimum Gasteiger partial charge on any atom is -0.460 e. The number of rotatable bonds is 8. The smallest absolute Gasteiger partial charge is 0.338 e. The maximum Gasteiger partial charge on any atom is 0.338 e. The zero-order valence-corrected chi connectivity index (χ0v) is 14.9. The normalized spacial score (nSPS) is 10.6. The first-order chi connectivity index (χ1) is 11.6. The molecule has 4 N–H and O–H groups in total. The molecule has 0 heterocycles. The van der Waals surface area contributed by atoms with Gasteiger partial charge < -0.3 is 20.9 Å². The third-order valence-electron chi connectivity index (χ3n) is 3.52. The first-order valence-corrected chi connectivity index (χ1v) is 8.51. The summed E-state index contributed by atoms with van der Waals surface area (Å²) in [6, 6.07) is 13.6. The molecule has 0 saturated carbocycles. The Morgan fingerprint density at radius 3 is 2.71 bits per heavy atom. The Balaban J connectivity index is 1.96. The van der Waals surface area contributed by atoms with Gasteiger partial charge in [0.2, 0.25) is 0 Å². The first-order valence-electron chi connectivity index (χ1n) is 7.72. The van der Waals surface area contributed by atoms with Crippen LogP contribution in [0.2, 0.25) is 0 Å². The van der Waals surface area contributed by atoms with E-state index in [1.165, 1.54) is 5.56 Å². The molecule has 6 heteroatoms. The Morgan fingerprint density at radius 1 is 1.25 bits per heavy atom. The number of nitrogens with two attached hydrogens (primary N) is 1. The van der Waals surface area contributed by atoms with E-state index in [9.17, 15) is 4.79 Å². The minimum atomic E-state index is -0.477. The summed E-state index contributed by atoms with van der Waals surface area (Å²) >= 11 is 3.37. The Bertz CT molecular complexity index is 677. The van der Waals surface area contributed by atoms with Gasteiger partial charge in [-0.2, -0.15) is 0 Å². The second kappa shape index (κ2) is 9.42. The molecule has 0 aromatic heterocycles. The summed E-state index contributed by atoms with van der Waals surface area (Å²) in [6.45, 7) is 1.14. The van der Waals surface area contributed by atoms with Crippen molar-refractivity contribution >= 4 is 27.6 Å². The Labute approximate surface area is 150 Å². The summed E-state index contributed by atoms with van der Waals surface area (Å²) in [5.41, 5.74) is 9.16. The van der Waals surface area contributed by atoms with Crippen molar-refractivity contribution in [3.05, 3.63) is 63.6 Å². The molecule has 0 unspecified atom stereocenters. The number of anilines is 1. The lowest BCUT2D eigenvalue weighted by Crippen LogP contribution is -2.18. The third kappa shape index (κ3) is 5.33. The molecule has 24 heavy (non-hydrogen) atoms. The predicted molar refractivity (Wildman–Crippen MR) is 97.8 cm³/mol. The van der Waals surface area contributed by atoms with Crippen molar-refractivity contribution in [2.45, 2.75) is 13.0 Å². The van der Waals surface area contributed by atoms with Gasteiger partial charge in [0.1, 0.15) is 6.61 Å². The summed E-state index contributed by atoms with van der Waals surface area (Å²) in [5, 5.41) is 12.1. The summed E-state index contributed by atoms with van der Waals surface area (Å²) in [7, 11) is 0. The average molecular weight is 393 g/mol. The standard InChI is InChI=1S/C18H21BrN2O3/c19-16-11-14(18(23)24-9-8-22)10-15(17(16)20)12-21-7-6-13-4-2-1-3-5-13/h1-5,10-11,21-22H,6-9,12,20H2. The zero-order chi connectivity index (χ0) is 17.4. The highest BCUT2D eigenvalue weighted by molar-refractivity contribution is 9.10. The number of nitrogen functional groups attached to an aromatic ring is 1. The Morgan fingerprint density at radius 2 is 2.00 bits per heavy atom. The molecule has 0 fully saturated rings. The molecule has 128 valence electrons. The maximum atomic E-state index is 11.9. The Kier molecular flexibility index (Phi) is 7.24. The predicted octanol–water partition coefficient (Wildman–Crippen LogP) is 2.51. The molecule has 0 aliphatic carbocycles. The van der Waals surface area contributed by atoms with E-state index in [0.717, 1.165) is 18.5 Å². The van der Waals surface area contributed by atoms with Crippen LogP contribution in [0, 0.1) is 0 Å². The van der Waals surface area contributed by atoms with E-state index in [2.05, 4.69) is 33.4 Å². The van der Waals surface area contributed by atoms with E-state index < -0.39 is 5.97 Å². The van der Waals surface area contributed by atoms with E-state index in [1.54, 1.807) is 12.1 Å². The molecule has 2 aromatic rings. The first kappa shape index (κ1) is 18.4. The van der Waals surface area contributed by atoms with Crippen molar-refractivity contribution in [3.8, 4) is 0 Å². The summed E-state index contributed by atoms with van der Waals surface area (Å²) in [4.78, 5) is 11.9. The van der Waals surface area contributed by atoms with Crippen molar-refractivity contribution in [2.75, 3.05) is 25.5 Å². The number of aliphatic hydroxyl groups is 1. The molecule has 2 aromatic carbocycles. The van der Waals surface area contributed by atoms with Crippen LogP contribution in [-0.4, -0.2) is 30.8 Å². The van der Waals surface area contributed by atoms with Crippen molar-refractivity contribution < 1.29 is 14.6 Å². The largest absolute Gasteiger partial charge is 0.460 e. The fraction of sp³-hybridized carbons (Fsp3) is 0.278. The zero-order valence-electron chi connectivity index (χ0n) is 13.3. The van der Waals surface area contributed by atoms with Crippen LogP contribution in [0.25, 0.3) is 0 Å². The molecule has 0 amide bonds. The van der Waals surface area contributed by atoms with Gasteiger partial charge in [-0.05, 0) is 52.2 Å². The maximum absolute atomic E-state index is 11.9. The van der Waals surface area contributed by atoms with Crippen LogP contribution in [0.5, 0.6) is 0 Å². The quantitative estimate of drug-likeness (QED) is 0.365. The second-order valence-electron chi connectivity index (χ2n) is 5.30. The summed E-state index contributed by atoms with van der Waals surface area (Å²) in [6.07, 6.45) is 0.917. The van der Waals surface area contributed by atoms with Gasteiger partial charge in [0.15, 0.2) is 0 Å². The number of hydrogen-bond donors (Lipinski definition) is 3. The molecular formula is C18H21BrN2O3. The second-order valence-corrected chi connectivity index (χ2v) is 6.16. The number of benzene rings is 2. The van der Waals surface area contributed by atoms with Crippen LogP contribution >= 0.6 is 15.9 Å². The number of ether oxygens (including phenoxy) is 1. The van der Waals surface area contributed by atoms with Crippen LogP contribution in [0.1, 0.15) is 21.5 Å². The number of hydrogen-bond acceptors (Lipinski definition) is 5. The molecular weight excluding hydrogens is 372 g/mol. The fourth-order valence-corrected chi connectivity index (χ4v) is 2.76. The Hall–Kier alpha value is -1.89. The highest BCUT2D eigenvalue weighted by atomic mass is 79.9. The van der Waals surface area contributed by atoms with Crippen LogP contribution in [0.3, 0.4) is 0 Å².